The lowest BCUT2D eigenvalue weighted by molar-refractivity contribution is -0.148. The quantitative estimate of drug-likeness (QED) is 0.343. The third-order valence-electron chi connectivity index (χ3n) is 2.68. The highest BCUT2D eigenvalue weighted by Crippen LogP contribution is 2.24. The molecule has 1 heterocycles. The van der Waals surface area contributed by atoms with Crippen molar-refractivity contribution in [2.75, 3.05) is 13.2 Å². The van der Waals surface area contributed by atoms with Gasteiger partial charge >= 0.3 is 12.1 Å². The third-order valence-corrected chi connectivity index (χ3v) is 2.68. The van der Waals surface area contributed by atoms with Gasteiger partial charge in [0.25, 0.3) is 0 Å². The number of nitrogens with zero attached hydrogens (tertiary/aromatic N) is 4. The first kappa shape index (κ1) is 16.1. The van der Waals surface area contributed by atoms with E-state index in [1.165, 1.54) is 4.90 Å². The molecule has 0 aromatic carbocycles. The van der Waals surface area contributed by atoms with Gasteiger partial charge in [0.1, 0.15) is 11.6 Å². The van der Waals surface area contributed by atoms with Gasteiger partial charge in [0.15, 0.2) is 0 Å². The molecule has 112 valence electrons. The van der Waals surface area contributed by atoms with Crippen LogP contribution < -0.4 is 0 Å². The molecular weight excluding hydrogens is 264 g/mol. The number of amides is 1. The third kappa shape index (κ3) is 4.31. The Morgan fingerprint density at radius 2 is 2.10 bits per heavy atom. The van der Waals surface area contributed by atoms with E-state index in [1.807, 2.05) is 0 Å². The molecule has 0 bridgehead atoms. The number of rotatable bonds is 3. The van der Waals surface area contributed by atoms with Gasteiger partial charge in [-0.15, -0.1) is 0 Å². The Bertz CT molecular complexity index is 426. The molecule has 0 N–H and O–H groups in total. The van der Waals surface area contributed by atoms with Crippen LogP contribution in [0.15, 0.2) is 5.11 Å². The maximum Gasteiger partial charge on any atom is 0.411 e. The average molecular weight is 284 g/mol. The summed E-state index contributed by atoms with van der Waals surface area (Å²) in [6.07, 6.45) is -0.353. The highest BCUT2D eigenvalue weighted by molar-refractivity contribution is 5.82. The summed E-state index contributed by atoms with van der Waals surface area (Å²) in [4.78, 5) is 27.9. The molecule has 1 aliphatic heterocycles. The number of hydrogen-bond donors (Lipinski definition) is 0. The fourth-order valence-corrected chi connectivity index (χ4v) is 1.95. The van der Waals surface area contributed by atoms with Crippen molar-refractivity contribution in [2.24, 2.45) is 5.11 Å². The van der Waals surface area contributed by atoms with Gasteiger partial charge in [-0.3, -0.25) is 4.90 Å². The minimum atomic E-state index is -0.764. The highest BCUT2D eigenvalue weighted by atomic mass is 16.6. The van der Waals surface area contributed by atoms with Crippen molar-refractivity contribution in [2.45, 2.75) is 51.8 Å². The van der Waals surface area contributed by atoms with Crippen LogP contribution in [0, 0.1) is 0 Å². The van der Waals surface area contributed by atoms with E-state index in [2.05, 4.69) is 10.0 Å². The molecule has 0 radical (unpaired) electrons. The van der Waals surface area contributed by atoms with Crippen LogP contribution in [0.2, 0.25) is 0 Å². The molecular formula is C12H20N4O4. The highest BCUT2D eigenvalue weighted by Gasteiger charge is 2.41. The van der Waals surface area contributed by atoms with Crippen LogP contribution >= 0.6 is 0 Å². The molecule has 1 amide bonds. The molecule has 0 saturated carbocycles. The Balaban J connectivity index is 2.85. The second kappa shape index (κ2) is 6.47. The predicted molar refractivity (Wildman–Crippen MR) is 70.9 cm³/mol. The van der Waals surface area contributed by atoms with Gasteiger partial charge in [0.2, 0.25) is 0 Å². The van der Waals surface area contributed by atoms with Crippen molar-refractivity contribution < 1.29 is 19.1 Å². The standard InChI is InChI=1S/C12H20N4O4/c1-5-19-10(17)9-6-8(14-15-13)7-16(9)11(18)20-12(2,3)4/h8-9H,5-7H2,1-4H3/t8-,9+/m0/s1. The molecule has 1 aliphatic rings. The Labute approximate surface area is 117 Å². The molecule has 1 saturated heterocycles. The second-order valence-corrected chi connectivity index (χ2v) is 5.49. The van der Waals surface area contributed by atoms with Gasteiger partial charge in [0.05, 0.1) is 12.6 Å². The van der Waals surface area contributed by atoms with E-state index in [-0.39, 0.29) is 19.6 Å². The molecule has 1 rings (SSSR count). The lowest BCUT2D eigenvalue weighted by atomic mass is 10.2. The molecule has 0 aromatic rings. The topological polar surface area (TPSA) is 105 Å². The fourth-order valence-electron chi connectivity index (χ4n) is 1.95. The number of ether oxygens (including phenoxy) is 2. The minimum absolute atomic E-state index is 0.155. The largest absolute Gasteiger partial charge is 0.464 e. The number of esters is 1. The Kier molecular flexibility index (Phi) is 5.21. The Hall–Kier alpha value is -1.95. The Morgan fingerprint density at radius 1 is 1.45 bits per heavy atom. The molecule has 20 heavy (non-hydrogen) atoms. The van der Waals surface area contributed by atoms with Gasteiger partial charge in [0, 0.05) is 11.5 Å². The molecule has 8 nitrogen and oxygen atoms in total. The minimum Gasteiger partial charge on any atom is -0.464 e. The van der Waals surface area contributed by atoms with Crippen molar-refractivity contribution in [3.63, 3.8) is 0 Å². The number of azide groups is 1. The van der Waals surface area contributed by atoms with Crippen molar-refractivity contribution in [1.82, 2.24) is 4.90 Å². The van der Waals surface area contributed by atoms with E-state index in [1.54, 1.807) is 27.7 Å². The van der Waals surface area contributed by atoms with E-state index in [0.29, 0.717) is 0 Å². The molecule has 2 atom stereocenters. The summed E-state index contributed by atoms with van der Waals surface area (Å²) >= 11 is 0. The summed E-state index contributed by atoms with van der Waals surface area (Å²) in [5.41, 5.74) is 7.81. The number of carbonyl (C=O) groups excluding carboxylic acids is 2. The molecule has 0 unspecified atom stereocenters. The van der Waals surface area contributed by atoms with Crippen molar-refractivity contribution in [3.05, 3.63) is 10.4 Å². The average Bonchev–Trinajstić information content (AvgIpc) is 2.72. The first-order valence-electron chi connectivity index (χ1n) is 6.49. The van der Waals surface area contributed by atoms with Gasteiger partial charge in [-0.25, -0.2) is 9.59 Å². The summed E-state index contributed by atoms with van der Waals surface area (Å²) in [5.74, 6) is -0.506. The van der Waals surface area contributed by atoms with E-state index in [4.69, 9.17) is 15.0 Å². The van der Waals surface area contributed by atoms with Crippen LogP contribution in [0.5, 0.6) is 0 Å². The van der Waals surface area contributed by atoms with Gasteiger partial charge in [-0.05, 0) is 39.6 Å². The van der Waals surface area contributed by atoms with Crippen LogP contribution in [0.3, 0.4) is 0 Å². The SMILES string of the molecule is CCOC(=O)[C@H]1C[C@H](N=[N+]=[N-])CN1C(=O)OC(C)(C)C. The summed E-state index contributed by atoms with van der Waals surface area (Å²) in [6, 6.07) is -1.21. The first-order valence-corrected chi connectivity index (χ1v) is 6.49. The van der Waals surface area contributed by atoms with Crippen LogP contribution in [0.4, 0.5) is 4.79 Å². The summed E-state index contributed by atoms with van der Waals surface area (Å²) in [6.45, 7) is 7.30. The molecule has 1 fully saturated rings. The van der Waals surface area contributed by atoms with Crippen LogP contribution in [0.25, 0.3) is 10.4 Å². The second-order valence-electron chi connectivity index (χ2n) is 5.49. The smallest absolute Gasteiger partial charge is 0.411 e. The van der Waals surface area contributed by atoms with Crippen LogP contribution in [0.1, 0.15) is 34.1 Å². The zero-order valence-corrected chi connectivity index (χ0v) is 12.2. The fraction of sp³-hybridized carbons (Fsp3) is 0.833. The van der Waals surface area contributed by atoms with Gasteiger partial charge in [-0.1, -0.05) is 5.11 Å². The monoisotopic (exact) mass is 284 g/mol. The number of likely N-dealkylation sites (tertiary alicyclic amines) is 1. The number of carbonyl (C=O) groups is 2. The molecule has 0 aliphatic carbocycles. The van der Waals surface area contributed by atoms with Gasteiger partial charge in [-0.2, -0.15) is 0 Å². The maximum atomic E-state index is 12.1. The van der Waals surface area contributed by atoms with Crippen molar-refractivity contribution in [1.29, 1.82) is 0 Å². The van der Waals surface area contributed by atoms with E-state index < -0.39 is 29.7 Å². The predicted octanol–water partition coefficient (Wildman–Crippen LogP) is 2.24. The maximum absolute atomic E-state index is 12.1. The van der Waals surface area contributed by atoms with Crippen LogP contribution in [-0.4, -0.2) is 47.8 Å². The van der Waals surface area contributed by atoms with Crippen molar-refractivity contribution >= 4 is 12.1 Å². The molecule has 0 aromatic heterocycles. The van der Waals surface area contributed by atoms with Gasteiger partial charge < -0.3 is 9.47 Å². The summed E-state index contributed by atoms with van der Waals surface area (Å²) in [7, 11) is 0. The molecule has 8 heteroatoms. The zero-order chi connectivity index (χ0) is 15.3. The van der Waals surface area contributed by atoms with Crippen LogP contribution in [-0.2, 0) is 14.3 Å². The summed E-state index contributed by atoms with van der Waals surface area (Å²) in [5, 5.41) is 3.57. The van der Waals surface area contributed by atoms with Crippen molar-refractivity contribution in [3.8, 4) is 0 Å². The van der Waals surface area contributed by atoms with E-state index in [0.717, 1.165) is 0 Å². The first-order chi connectivity index (χ1) is 9.28. The normalized spacial score (nSPS) is 22.1. The molecule has 0 spiro atoms. The van der Waals surface area contributed by atoms with E-state index in [9.17, 15) is 9.59 Å². The number of hydrogen-bond acceptors (Lipinski definition) is 5. The Morgan fingerprint density at radius 3 is 2.60 bits per heavy atom. The zero-order valence-electron chi connectivity index (χ0n) is 12.2. The summed E-state index contributed by atoms with van der Waals surface area (Å²) < 4.78 is 10.2. The lowest BCUT2D eigenvalue weighted by Gasteiger charge is -2.27. The van der Waals surface area contributed by atoms with E-state index >= 15 is 0 Å². The lowest BCUT2D eigenvalue weighted by Crippen LogP contribution is -2.44.